The molecule has 8 nitrogen and oxygen atoms in total. The van der Waals surface area contributed by atoms with E-state index in [1.165, 1.54) is 0 Å². The van der Waals surface area contributed by atoms with E-state index in [0.717, 1.165) is 17.8 Å². The molecule has 29 heavy (non-hydrogen) atoms. The molecular weight excluding hydrogens is 419 g/mol. The van der Waals surface area contributed by atoms with E-state index in [4.69, 9.17) is 23.5 Å². The second-order valence-electron chi connectivity index (χ2n) is 8.53. The van der Waals surface area contributed by atoms with Crippen LogP contribution in [0.15, 0.2) is 0 Å². The zero-order chi connectivity index (χ0) is 21.8. The highest BCUT2D eigenvalue weighted by molar-refractivity contribution is 8.54. The first kappa shape index (κ1) is 25.6. The summed E-state index contributed by atoms with van der Waals surface area (Å²) in [5.74, 6) is 0.222. The van der Waals surface area contributed by atoms with Gasteiger partial charge in [0.05, 0.1) is 49.8 Å². The normalized spacial score (nSPS) is 37.5. The molecule has 1 N–H and O–H groups in total. The molecule has 1 unspecified atom stereocenters. The Kier molecular flexibility index (Phi) is 9.47. The predicted molar refractivity (Wildman–Crippen MR) is 110 cm³/mol. The second-order valence-corrected chi connectivity index (χ2v) is 12.3. The molecule has 2 aliphatic rings. The molecule has 2 rings (SSSR count). The minimum Gasteiger partial charge on any atom is -0.770 e. The van der Waals surface area contributed by atoms with Crippen LogP contribution < -0.4 is 4.89 Å². The third-order valence-corrected chi connectivity index (χ3v) is 7.94. The second kappa shape index (κ2) is 10.7. The summed E-state index contributed by atoms with van der Waals surface area (Å²) in [6.07, 6.45) is -0.398. The van der Waals surface area contributed by atoms with Crippen molar-refractivity contribution in [2.24, 2.45) is 0 Å². The Morgan fingerprint density at radius 3 is 2.48 bits per heavy atom. The summed E-state index contributed by atoms with van der Waals surface area (Å²) in [6.45, 7) is 6.84. The minimum atomic E-state index is -4.26. The fraction of sp³-hybridized carbons (Fsp3) is 1.00. The van der Waals surface area contributed by atoms with Gasteiger partial charge in [0.1, 0.15) is 11.7 Å². The van der Waals surface area contributed by atoms with Crippen LogP contribution in [0.5, 0.6) is 0 Å². The molecule has 0 aromatic rings. The number of aliphatic hydroxyl groups is 1. The lowest BCUT2D eigenvalue weighted by Gasteiger charge is -2.36. The Morgan fingerprint density at radius 2 is 1.90 bits per heavy atom. The molecule has 2 heterocycles. The fourth-order valence-corrected chi connectivity index (χ4v) is 6.47. The van der Waals surface area contributed by atoms with Crippen molar-refractivity contribution in [1.29, 1.82) is 0 Å². The number of hydrogen-bond donors (Lipinski definition) is 1. The minimum absolute atomic E-state index is 0.0237. The van der Waals surface area contributed by atoms with Crippen LogP contribution >= 0.6 is 18.2 Å². The third kappa shape index (κ3) is 7.44. The van der Waals surface area contributed by atoms with E-state index in [9.17, 15) is 14.6 Å². The van der Waals surface area contributed by atoms with E-state index in [2.05, 4.69) is 0 Å². The van der Waals surface area contributed by atoms with Crippen molar-refractivity contribution in [3.63, 3.8) is 0 Å². The molecule has 0 aromatic heterocycles. The summed E-state index contributed by atoms with van der Waals surface area (Å²) < 4.78 is 41.4. The zero-order valence-corrected chi connectivity index (χ0v) is 19.9. The Morgan fingerprint density at radius 1 is 1.21 bits per heavy atom. The van der Waals surface area contributed by atoms with Crippen LogP contribution in [0.1, 0.15) is 54.4 Å². The Hall–Kier alpha value is 0.300. The first-order chi connectivity index (χ1) is 13.5. The van der Waals surface area contributed by atoms with E-state index in [0.29, 0.717) is 6.42 Å². The molecule has 2 saturated heterocycles. The maximum atomic E-state index is 12.7. The maximum Gasteiger partial charge on any atom is 0.192 e. The SMILES string of the molecule is CC(C)OC[C@@]1(CO)O[C@@H](C)C[C@H]1OP(=O)([O-])SC[C@H]1O[C@@H](C)C[C@H]1OC(C)C. The number of rotatable bonds is 11. The van der Waals surface area contributed by atoms with Crippen molar-refractivity contribution in [2.45, 2.75) is 103 Å². The van der Waals surface area contributed by atoms with Gasteiger partial charge in [-0.1, -0.05) is 11.4 Å². The molecule has 2 fully saturated rings. The van der Waals surface area contributed by atoms with Gasteiger partial charge in [-0.25, -0.2) is 0 Å². The summed E-state index contributed by atoms with van der Waals surface area (Å²) in [6, 6.07) is 0. The van der Waals surface area contributed by atoms with E-state index in [1.807, 2.05) is 41.5 Å². The fourth-order valence-electron chi connectivity index (χ4n) is 3.71. The lowest BCUT2D eigenvalue weighted by Crippen LogP contribution is -2.49. The highest BCUT2D eigenvalue weighted by Crippen LogP contribution is 2.56. The highest BCUT2D eigenvalue weighted by atomic mass is 32.7. The number of aliphatic hydroxyl groups excluding tert-OH is 1. The molecule has 10 heteroatoms. The van der Waals surface area contributed by atoms with Crippen LogP contribution in [0.3, 0.4) is 0 Å². The highest BCUT2D eigenvalue weighted by Gasteiger charge is 2.50. The molecule has 0 amide bonds. The topological polar surface area (TPSA) is 107 Å². The molecule has 0 radical (unpaired) electrons. The molecular formula is C19H36O8PS-. The van der Waals surface area contributed by atoms with Crippen molar-refractivity contribution >= 4 is 18.2 Å². The maximum absolute atomic E-state index is 12.7. The summed E-state index contributed by atoms with van der Waals surface area (Å²) in [7, 11) is 0. The largest absolute Gasteiger partial charge is 0.770 e. The summed E-state index contributed by atoms with van der Waals surface area (Å²) in [5, 5.41) is 9.94. The van der Waals surface area contributed by atoms with Crippen LogP contribution in [0, 0.1) is 0 Å². The Bertz CT molecular complexity index is 562. The molecule has 172 valence electrons. The van der Waals surface area contributed by atoms with Gasteiger partial charge in [0.15, 0.2) is 6.80 Å². The monoisotopic (exact) mass is 455 g/mol. The van der Waals surface area contributed by atoms with E-state index >= 15 is 0 Å². The molecule has 0 aliphatic carbocycles. The Labute approximate surface area is 178 Å². The van der Waals surface area contributed by atoms with Crippen molar-refractivity contribution in [3.05, 3.63) is 0 Å². The lowest BCUT2D eigenvalue weighted by atomic mass is 9.98. The standard InChI is InChI=1S/C19H37O8PS/c1-12(2)23-11-19(10-20)18(8-15(6)26-19)27-28(21,22)29-9-17-16(24-13(3)4)7-14(5)25-17/h12-18,20H,7-11H2,1-6H3,(H,21,22)/p-1/t14-,15-,16+,17+,18+,19+/m0/s1. The summed E-state index contributed by atoms with van der Waals surface area (Å²) in [5.41, 5.74) is -1.19. The van der Waals surface area contributed by atoms with Gasteiger partial charge in [0, 0.05) is 18.6 Å². The molecule has 7 atom stereocenters. The molecule has 0 bridgehead atoms. The van der Waals surface area contributed by atoms with Gasteiger partial charge in [0.2, 0.25) is 0 Å². The van der Waals surface area contributed by atoms with Crippen LogP contribution in [-0.2, 0) is 28.0 Å². The van der Waals surface area contributed by atoms with Gasteiger partial charge in [-0.15, -0.1) is 0 Å². The number of ether oxygens (including phenoxy) is 4. The van der Waals surface area contributed by atoms with Crippen molar-refractivity contribution < 1.29 is 38.0 Å². The average Bonchev–Trinajstić information content (AvgIpc) is 3.09. The Balaban J connectivity index is 1.98. The third-order valence-electron chi connectivity index (χ3n) is 4.98. The van der Waals surface area contributed by atoms with Gasteiger partial charge >= 0.3 is 0 Å². The van der Waals surface area contributed by atoms with E-state index < -0.39 is 18.5 Å². The smallest absolute Gasteiger partial charge is 0.192 e. The van der Waals surface area contributed by atoms with E-state index in [-0.39, 0.29) is 55.6 Å². The van der Waals surface area contributed by atoms with Crippen molar-refractivity contribution in [2.75, 3.05) is 19.0 Å². The number of hydrogen-bond acceptors (Lipinski definition) is 9. The van der Waals surface area contributed by atoms with Crippen molar-refractivity contribution in [3.8, 4) is 0 Å². The van der Waals surface area contributed by atoms with Gasteiger partial charge in [-0.3, -0.25) is 4.57 Å². The first-order valence-electron chi connectivity index (χ1n) is 10.3. The molecule has 0 spiro atoms. The van der Waals surface area contributed by atoms with Crippen LogP contribution in [0.4, 0.5) is 0 Å². The van der Waals surface area contributed by atoms with Crippen LogP contribution in [-0.4, -0.2) is 72.4 Å². The molecule has 0 aromatic carbocycles. The van der Waals surface area contributed by atoms with Crippen LogP contribution in [0.2, 0.25) is 0 Å². The van der Waals surface area contributed by atoms with Gasteiger partial charge in [0.25, 0.3) is 0 Å². The predicted octanol–water partition coefficient (Wildman–Crippen LogP) is 2.51. The first-order valence-corrected chi connectivity index (χ1v) is 13.4. The molecule has 2 aliphatic heterocycles. The van der Waals surface area contributed by atoms with Gasteiger partial charge < -0.3 is 33.5 Å². The zero-order valence-electron chi connectivity index (χ0n) is 18.2. The average molecular weight is 456 g/mol. The lowest BCUT2D eigenvalue weighted by molar-refractivity contribution is -0.205. The van der Waals surface area contributed by atoms with Crippen molar-refractivity contribution in [1.82, 2.24) is 0 Å². The summed E-state index contributed by atoms with van der Waals surface area (Å²) in [4.78, 5) is 12.7. The quantitative estimate of drug-likeness (QED) is 0.470. The van der Waals surface area contributed by atoms with Gasteiger partial charge in [-0.2, -0.15) is 0 Å². The van der Waals surface area contributed by atoms with Crippen LogP contribution in [0.25, 0.3) is 0 Å². The van der Waals surface area contributed by atoms with E-state index in [1.54, 1.807) is 0 Å². The van der Waals surface area contributed by atoms with Gasteiger partial charge in [-0.05, 0) is 41.5 Å². The molecule has 0 saturated carbocycles. The summed E-state index contributed by atoms with van der Waals surface area (Å²) >= 11 is 0.727.